The lowest BCUT2D eigenvalue weighted by Crippen LogP contribution is -2.29. The second-order valence-electron chi connectivity index (χ2n) is 5.60. The Labute approximate surface area is 140 Å². The summed E-state index contributed by atoms with van der Waals surface area (Å²) >= 11 is 0. The Morgan fingerprint density at radius 1 is 1.12 bits per heavy atom. The molecule has 1 aliphatic heterocycles. The number of amides is 2. The lowest BCUT2D eigenvalue weighted by atomic mass is 10.1. The van der Waals surface area contributed by atoms with E-state index in [4.69, 9.17) is 0 Å². The van der Waals surface area contributed by atoms with E-state index in [1.807, 2.05) is 25.1 Å². The predicted molar refractivity (Wildman–Crippen MR) is 91.5 cm³/mol. The number of benzene rings is 2. The van der Waals surface area contributed by atoms with Gasteiger partial charge in [-0.2, -0.15) is 0 Å². The topological polar surface area (TPSA) is 83.6 Å². The van der Waals surface area contributed by atoms with Crippen molar-refractivity contribution in [2.45, 2.75) is 13.3 Å². The highest BCUT2D eigenvalue weighted by Crippen LogP contribution is 2.26. The molecule has 0 bridgehead atoms. The summed E-state index contributed by atoms with van der Waals surface area (Å²) in [5, 5.41) is 2.76. The number of anilines is 2. The van der Waals surface area contributed by atoms with Gasteiger partial charge in [0, 0.05) is 17.7 Å². The molecule has 1 heterocycles. The van der Waals surface area contributed by atoms with Crippen molar-refractivity contribution in [2.75, 3.05) is 15.4 Å². The molecular weight excluding hydrogens is 328 g/mol. The van der Waals surface area contributed by atoms with Crippen LogP contribution >= 0.6 is 0 Å². The third-order valence-corrected chi connectivity index (χ3v) is 5.39. The number of nitrogens with one attached hydrogen (secondary N) is 1. The second kappa shape index (κ2) is 6.09. The van der Waals surface area contributed by atoms with Gasteiger partial charge in [-0.1, -0.05) is 18.2 Å². The van der Waals surface area contributed by atoms with E-state index in [2.05, 4.69) is 5.32 Å². The quantitative estimate of drug-likeness (QED) is 0.926. The van der Waals surface area contributed by atoms with Crippen molar-refractivity contribution in [1.29, 1.82) is 0 Å². The van der Waals surface area contributed by atoms with Crippen molar-refractivity contribution in [3.05, 3.63) is 59.7 Å². The molecule has 7 heteroatoms. The van der Waals surface area contributed by atoms with Crippen molar-refractivity contribution >= 4 is 33.2 Å². The smallest absolute Gasteiger partial charge is 0.255 e. The largest absolute Gasteiger partial charge is 0.322 e. The number of hydrogen-bond acceptors (Lipinski definition) is 4. The molecule has 0 spiro atoms. The van der Waals surface area contributed by atoms with Crippen LogP contribution in [-0.2, 0) is 14.8 Å². The van der Waals surface area contributed by atoms with Crippen LogP contribution in [0.25, 0.3) is 0 Å². The number of carbonyl (C=O) groups is 2. The van der Waals surface area contributed by atoms with Crippen LogP contribution in [0, 0.1) is 6.92 Å². The van der Waals surface area contributed by atoms with Crippen LogP contribution in [0.5, 0.6) is 0 Å². The van der Waals surface area contributed by atoms with Gasteiger partial charge in [0.2, 0.25) is 15.9 Å². The minimum atomic E-state index is -3.64. The summed E-state index contributed by atoms with van der Waals surface area (Å²) in [5.41, 5.74) is 2.13. The zero-order chi connectivity index (χ0) is 17.3. The summed E-state index contributed by atoms with van der Waals surface area (Å²) in [4.78, 5) is 24.2. The summed E-state index contributed by atoms with van der Waals surface area (Å²) in [5.74, 6) is -1.05. The molecule has 1 N–H and O–H groups in total. The lowest BCUT2D eigenvalue weighted by molar-refractivity contribution is -0.116. The van der Waals surface area contributed by atoms with Gasteiger partial charge in [0.1, 0.15) is 0 Å². The van der Waals surface area contributed by atoms with E-state index >= 15 is 0 Å². The summed E-state index contributed by atoms with van der Waals surface area (Å²) in [7, 11) is -3.64. The Morgan fingerprint density at radius 3 is 2.54 bits per heavy atom. The van der Waals surface area contributed by atoms with Gasteiger partial charge >= 0.3 is 0 Å². The predicted octanol–water partition coefficient (Wildman–Crippen LogP) is 2.31. The first-order chi connectivity index (χ1) is 11.4. The fraction of sp³-hybridized carbons (Fsp3) is 0.176. The lowest BCUT2D eigenvalue weighted by Gasteiger charge is -2.15. The molecule has 0 aliphatic carbocycles. The van der Waals surface area contributed by atoms with Crippen molar-refractivity contribution in [1.82, 2.24) is 0 Å². The van der Waals surface area contributed by atoms with Crippen LogP contribution in [0.1, 0.15) is 22.3 Å². The van der Waals surface area contributed by atoms with Crippen LogP contribution in [0.15, 0.2) is 48.5 Å². The van der Waals surface area contributed by atoms with Gasteiger partial charge in [0.15, 0.2) is 0 Å². The average Bonchev–Trinajstić information content (AvgIpc) is 2.80. The van der Waals surface area contributed by atoms with E-state index in [1.54, 1.807) is 18.2 Å². The molecule has 1 aliphatic rings. The van der Waals surface area contributed by atoms with Crippen LogP contribution < -0.4 is 9.62 Å². The highest BCUT2D eigenvalue weighted by Gasteiger charge is 2.36. The number of rotatable bonds is 3. The number of hydrogen-bond donors (Lipinski definition) is 1. The highest BCUT2D eigenvalue weighted by atomic mass is 32.2. The Bertz CT molecular complexity index is 922. The normalized spacial score (nSPS) is 16.2. The van der Waals surface area contributed by atoms with E-state index in [1.165, 1.54) is 12.1 Å². The van der Waals surface area contributed by atoms with Gasteiger partial charge < -0.3 is 5.32 Å². The molecule has 24 heavy (non-hydrogen) atoms. The fourth-order valence-corrected chi connectivity index (χ4v) is 4.02. The molecule has 0 unspecified atom stereocenters. The van der Waals surface area contributed by atoms with Crippen LogP contribution in [-0.4, -0.2) is 26.0 Å². The van der Waals surface area contributed by atoms with E-state index in [9.17, 15) is 18.0 Å². The molecular formula is C17H16N2O4S. The van der Waals surface area contributed by atoms with Gasteiger partial charge in [0.05, 0.1) is 11.4 Å². The van der Waals surface area contributed by atoms with Gasteiger partial charge in [-0.05, 0) is 42.8 Å². The van der Waals surface area contributed by atoms with Crippen LogP contribution in [0.2, 0.25) is 0 Å². The fourth-order valence-electron chi connectivity index (χ4n) is 2.57. The highest BCUT2D eigenvalue weighted by molar-refractivity contribution is 7.94. The van der Waals surface area contributed by atoms with Gasteiger partial charge in [0.25, 0.3) is 5.91 Å². The van der Waals surface area contributed by atoms with Gasteiger partial charge in [-0.25, -0.2) is 12.7 Å². The number of nitrogens with zero attached hydrogens (tertiary/aromatic N) is 1. The molecule has 1 saturated heterocycles. The molecule has 6 nitrogen and oxygen atoms in total. The molecule has 0 atom stereocenters. The first-order valence-corrected chi connectivity index (χ1v) is 9.02. The standard InChI is InChI=1S/C17H16N2O4S/c1-12-4-2-6-14(10-12)18-17(21)13-5-3-7-15(11-13)19-16(20)8-9-24(19,22)23/h2-7,10-11H,8-9H2,1H3,(H,18,21). The van der Waals surface area contributed by atoms with Crippen molar-refractivity contribution in [3.63, 3.8) is 0 Å². The van der Waals surface area contributed by atoms with E-state index < -0.39 is 15.9 Å². The molecule has 1 fully saturated rings. The van der Waals surface area contributed by atoms with E-state index in [0.717, 1.165) is 9.87 Å². The molecule has 2 aromatic carbocycles. The number of carbonyl (C=O) groups excluding carboxylic acids is 2. The maximum Gasteiger partial charge on any atom is 0.255 e. The first-order valence-electron chi connectivity index (χ1n) is 7.41. The monoisotopic (exact) mass is 344 g/mol. The number of aryl methyl sites for hydroxylation is 1. The molecule has 124 valence electrons. The maximum absolute atomic E-state index is 12.4. The number of sulfonamides is 1. The molecule has 2 aromatic rings. The van der Waals surface area contributed by atoms with Gasteiger partial charge in [-0.15, -0.1) is 0 Å². The van der Waals surface area contributed by atoms with E-state index in [-0.39, 0.29) is 29.3 Å². The zero-order valence-electron chi connectivity index (χ0n) is 13.0. The third kappa shape index (κ3) is 3.16. The van der Waals surface area contributed by atoms with Crippen molar-refractivity contribution in [2.24, 2.45) is 0 Å². The SMILES string of the molecule is Cc1cccc(NC(=O)c2cccc(N3C(=O)CCS3(=O)=O)c2)c1. The minimum absolute atomic E-state index is 0.0396. The summed E-state index contributed by atoms with van der Waals surface area (Å²) < 4.78 is 24.7. The first kappa shape index (κ1) is 16.2. The minimum Gasteiger partial charge on any atom is -0.322 e. The Kier molecular flexibility index (Phi) is 4.11. The molecule has 0 aromatic heterocycles. The Balaban J connectivity index is 1.88. The maximum atomic E-state index is 12.4. The molecule has 0 radical (unpaired) electrons. The molecule has 3 rings (SSSR count). The molecule has 2 amide bonds. The van der Waals surface area contributed by atoms with E-state index in [0.29, 0.717) is 5.69 Å². The zero-order valence-corrected chi connectivity index (χ0v) is 13.8. The third-order valence-electron chi connectivity index (χ3n) is 3.70. The van der Waals surface area contributed by atoms with Gasteiger partial charge in [-0.3, -0.25) is 9.59 Å². The summed E-state index contributed by atoms with van der Waals surface area (Å²) in [6, 6.07) is 13.4. The van der Waals surface area contributed by atoms with Crippen molar-refractivity contribution in [3.8, 4) is 0 Å². The second-order valence-corrected chi connectivity index (χ2v) is 7.54. The Hall–Kier alpha value is -2.67. The average molecular weight is 344 g/mol. The molecule has 0 saturated carbocycles. The summed E-state index contributed by atoms with van der Waals surface area (Å²) in [6.07, 6.45) is -0.0396. The van der Waals surface area contributed by atoms with Crippen molar-refractivity contribution < 1.29 is 18.0 Å². The van der Waals surface area contributed by atoms with Crippen LogP contribution in [0.4, 0.5) is 11.4 Å². The summed E-state index contributed by atoms with van der Waals surface area (Å²) in [6.45, 7) is 1.92. The Morgan fingerprint density at radius 2 is 1.88 bits per heavy atom. The van der Waals surface area contributed by atoms with Crippen LogP contribution in [0.3, 0.4) is 0 Å².